The summed E-state index contributed by atoms with van der Waals surface area (Å²) in [5.74, 6) is -1.95. The van der Waals surface area contributed by atoms with E-state index in [0.29, 0.717) is 11.1 Å². The normalized spacial score (nSPS) is 17.2. The van der Waals surface area contributed by atoms with Gasteiger partial charge in [0.2, 0.25) is 0 Å². The highest BCUT2D eigenvalue weighted by Gasteiger charge is 2.35. The average Bonchev–Trinajstić information content (AvgIpc) is 3.19. The molecule has 2 aliphatic rings. The lowest BCUT2D eigenvalue weighted by molar-refractivity contribution is 0.0452. The lowest BCUT2D eigenvalue weighted by Crippen LogP contribution is -2.51. The van der Waals surface area contributed by atoms with Gasteiger partial charge in [-0.1, -0.05) is 31.4 Å². The van der Waals surface area contributed by atoms with Crippen LogP contribution in [0, 0.1) is 11.7 Å². The molecular weight excluding hydrogens is 444 g/mol. The number of H-pyrrole nitrogens is 1. The van der Waals surface area contributed by atoms with Gasteiger partial charge in [-0.2, -0.15) is 9.61 Å². The van der Waals surface area contributed by atoms with E-state index in [9.17, 15) is 18.8 Å². The number of aromatic amines is 1. The fraction of sp³-hybridized carbons (Fsp3) is 0.417. The SMILES string of the molecule is NC(=O)c1nn2c(=O)cc(-c3ccc(C4CCCCC4)c(F)c3)[nH]c2c1C(=O)N1CC(CF)C1. The maximum Gasteiger partial charge on any atom is 0.274 e. The number of carbonyl (C=O) groups excluding carboxylic acids is 2. The van der Waals surface area contributed by atoms with Crippen LogP contribution in [-0.4, -0.2) is 51.1 Å². The molecule has 1 aliphatic carbocycles. The molecule has 5 rings (SSSR count). The van der Waals surface area contributed by atoms with Crippen molar-refractivity contribution in [3.63, 3.8) is 0 Å². The smallest absolute Gasteiger partial charge is 0.274 e. The molecule has 0 atom stereocenters. The number of aromatic nitrogens is 3. The molecule has 8 nitrogen and oxygen atoms in total. The average molecular weight is 469 g/mol. The first kappa shape index (κ1) is 22.2. The molecule has 3 aromatic rings. The Balaban J connectivity index is 1.57. The Hall–Kier alpha value is -3.56. The Bertz CT molecular complexity index is 1340. The number of nitrogens with zero attached hydrogens (tertiary/aromatic N) is 3. The fourth-order valence-corrected chi connectivity index (χ4v) is 5.00. The van der Waals surface area contributed by atoms with Crippen molar-refractivity contribution >= 4 is 17.5 Å². The summed E-state index contributed by atoms with van der Waals surface area (Å²) >= 11 is 0. The molecule has 2 amide bonds. The minimum Gasteiger partial charge on any atom is -0.364 e. The van der Waals surface area contributed by atoms with Crippen molar-refractivity contribution in [1.29, 1.82) is 0 Å². The number of carbonyl (C=O) groups is 2. The van der Waals surface area contributed by atoms with Crippen molar-refractivity contribution in [3.05, 3.63) is 57.3 Å². The highest BCUT2D eigenvalue weighted by molar-refractivity contribution is 6.10. The Morgan fingerprint density at radius 1 is 1.15 bits per heavy atom. The van der Waals surface area contributed by atoms with Crippen LogP contribution in [0.15, 0.2) is 29.1 Å². The number of fused-ring (bicyclic) bond motifs is 1. The highest BCUT2D eigenvalue weighted by atomic mass is 19.1. The highest BCUT2D eigenvalue weighted by Crippen LogP contribution is 2.35. The molecule has 2 fully saturated rings. The van der Waals surface area contributed by atoms with E-state index in [0.717, 1.165) is 30.2 Å². The zero-order chi connectivity index (χ0) is 24.0. The number of primary amides is 1. The molecule has 10 heteroatoms. The van der Waals surface area contributed by atoms with Gasteiger partial charge in [0, 0.05) is 30.6 Å². The van der Waals surface area contributed by atoms with E-state index in [1.165, 1.54) is 23.5 Å². The van der Waals surface area contributed by atoms with E-state index in [2.05, 4.69) is 10.1 Å². The molecule has 0 radical (unpaired) electrons. The van der Waals surface area contributed by atoms with Crippen molar-refractivity contribution in [2.75, 3.05) is 19.8 Å². The summed E-state index contributed by atoms with van der Waals surface area (Å²) in [7, 11) is 0. The molecule has 1 saturated heterocycles. The number of nitrogens with two attached hydrogens (primary N) is 1. The van der Waals surface area contributed by atoms with Crippen molar-refractivity contribution < 1.29 is 18.4 Å². The van der Waals surface area contributed by atoms with Gasteiger partial charge >= 0.3 is 0 Å². The Labute approximate surface area is 193 Å². The molecule has 0 bridgehead atoms. The quantitative estimate of drug-likeness (QED) is 0.598. The Morgan fingerprint density at radius 3 is 2.53 bits per heavy atom. The van der Waals surface area contributed by atoms with Crippen molar-refractivity contribution in [2.45, 2.75) is 38.0 Å². The van der Waals surface area contributed by atoms with Gasteiger partial charge < -0.3 is 15.6 Å². The summed E-state index contributed by atoms with van der Waals surface area (Å²) in [5.41, 5.74) is 5.69. The summed E-state index contributed by atoms with van der Waals surface area (Å²) in [6.07, 6.45) is 5.24. The maximum absolute atomic E-state index is 15.0. The zero-order valence-corrected chi connectivity index (χ0v) is 18.5. The van der Waals surface area contributed by atoms with Crippen LogP contribution in [-0.2, 0) is 0 Å². The molecule has 0 unspecified atom stereocenters. The predicted molar refractivity (Wildman–Crippen MR) is 121 cm³/mol. The number of benzene rings is 1. The van der Waals surface area contributed by atoms with E-state index in [1.807, 2.05) is 0 Å². The van der Waals surface area contributed by atoms with Crippen LogP contribution in [0.2, 0.25) is 0 Å². The molecule has 178 valence electrons. The number of amides is 2. The number of nitrogens with one attached hydrogen (secondary N) is 1. The molecule has 3 heterocycles. The van der Waals surface area contributed by atoms with Crippen molar-refractivity contribution in [1.82, 2.24) is 19.5 Å². The summed E-state index contributed by atoms with van der Waals surface area (Å²) < 4.78 is 28.8. The minimum atomic E-state index is -0.966. The number of alkyl halides is 1. The molecule has 1 saturated carbocycles. The van der Waals surface area contributed by atoms with Gasteiger partial charge in [-0.25, -0.2) is 4.39 Å². The minimum absolute atomic E-state index is 0.0123. The van der Waals surface area contributed by atoms with Crippen LogP contribution < -0.4 is 11.3 Å². The first-order valence-corrected chi connectivity index (χ1v) is 11.5. The number of likely N-dealkylation sites (tertiary alicyclic amines) is 1. The lowest BCUT2D eigenvalue weighted by Gasteiger charge is -2.37. The van der Waals surface area contributed by atoms with Crippen LogP contribution in [0.1, 0.15) is 64.4 Å². The van der Waals surface area contributed by atoms with Crippen molar-refractivity contribution in [3.8, 4) is 11.3 Å². The van der Waals surface area contributed by atoms with Crippen LogP contribution in [0.5, 0.6) is 0 Å². The van der Waals surface area contributed by atoms with Crippen LogP contribution in [0.4, 0.5) is 8.78 Å². The van der Waals surface area contributed by atoms with Crippen molar-refractivity contribution in [2.24, 2.45) is 11.7 Å². The van der Waals surface area contributed by atoms with Gasteiger partial charge in [0.15, 0.2) is 11.3 Å². The molecule has 1 aromatic carbocycles. The van der Waals surface area contributed by atoms with Gasteiger partial charge in [0.1, 0.15) is 11.4 Å². The fourth-order valence-electron chi connectivity index (χ4n) is 5.00. The molecular formula is C24H25F2N5O3. The standard InChI is InChI=1S/C24H25F2N5O3/c25-10-13-11-30(12-13)24(34)20-21(22(27)33)29-31-19(32)9-18(28-23(20)31)15-6-7-16(17(26)8-15)14-4-2-1-3-5-14/h6-9,13-14,28H,1-5,10-12H2,(H2,27,33). The monoisotopic (exact) mass is 469 g/mol. The van der Waals surface area contributed by atoms with Crippen LogP contribution in [0.25, 0.3) is 16.9 Å². The van der Waals surface area contributed by atoms with Crippen LogP contribution >= 0.6 is 0 Å². The number of hydrogen-bond donors (Lipinski definition) is 2. The third-order valence-corrected chi connectivity index (χ3v) is 6.88. The van der Waals surface area contributed by atoms with Crippen LogP contribution in [0.3, 0.4) is 0 Å². The van der Waals surface area contributed by atoms with E-state index >= 15 is 4.39 Å². The Kier molecular flexibility index (Phi) is 5.66. The van der Waals surface area contributed by atoms with E-state index in [-0.39, 0.29) is 53.3 Å². The van der Waals surface area contributed by atoms with Gasteiger partial charge in [-0.05, 0) is 30.4 Å². The molecule has 34 heavy (non-hydrogen) atoms. The second-order valence-electron chi connectivity index (χ2n) is 9.17. The number of hydrogen-bond acceptors (Lipinski definition) is 4. The van der Waals surface area contributed by atoms with Gasteiger partial charge in [-0.3, -0.25) is 18.8 Å². The third kappa shape index (κ3) is 3.76. The third-order valence-electron chi connectivity index (χ3n) is 6.88. The largest absolute Gasteiger partial charge is 0.364 e. The number of halogens is 2. The second-order valence-corrected chi connectivity index (χ2v) is 9.17. The van der Waals surface area contributed by atoms with Gasteiger partial charge in [0.05, 0.1) is 12.4 Å². The lowest BCUT2D eigenvalue weighted by atomic mass is 9.83. The summed E-state index contributed by atoms with van der Waals surface area (Å²) in [4.78, 5) is 42.2. The molecule has 1 aliphatic heterocycles. The topological polar surface area (TPSA) is 114 Å². The summed E-state index contributed by atoms with van der Waals surface area (Å²) in [6.45, 7) is -0.157. The molecule has 2 aromatic heterocycles. The second kappa shape index (κ2) is 8.66. The first-order chi connectivity index (χ1) is 16.4. The van der Waals surface area contributed by atoms with Gasteiger partial charge in [-0.15, -0.1) is 0 Å². The zero-order valence-electron chi connectivity index (χ0n) is 18.5. The Morgan fingerprint density at radius 2 is 1.88 bits per heavy atom. The first-order valence-electron chi connectivity index (χ1n) is 11.5. The van der Waals surface area contributed by atoms with Gasteiger partial charge in [0.25, 0.3) is 17.4 Å². The van der Waals surface area contributed by atoms with E-state index in [4.69, 9.17) is 5.73 Å². The molecule has 3 N–H and O–H groups in total. The summed E-state index contributed by atoms with van der Waals surface area (Å²) in [5, 5.41) is 3.94. The summed E-state index contributed by atoms with van der Waals surface area (Å²) in [6, 6.07) is 6.09. The number of rotatable bonds is 5. The predicted octanol–water partition coefficient (Wildman–Crippen LogP) is 3.02. The molecule has 0 spiro atoms. The van der Waals surface area contributed by atoms with E-state index in [1.54, 1.807) is 12.1 Å². The van der Waals surface area contributed by atoms with E-state index < -0.39 is 24.0 Å². The maximum atomic E-state index is 15.0.